The summed E-state index contributed by atoms with van der Waals surface area (Å²) in [5.41, 5.74) is 5.12. The molecule has 3 aromatic carbocycles. The Kier molecular flexibility index (Phi) is 9.21. The van der Waals surface area contributed by atoms with Crippen LogP contribution in [-0.2, 0) is 14.4 Å². The number of nitrogens with zero attached hydrogens (tertiary/aromatic N) is 1. The van der Waals surface area contributed by atoms with Crippen LogP contribution in [0, 0.1) is 13.8 Å². The Morgan fingerprint density at radius 3 is 2.11 bits per heavy atom. The molecule has 0 aliphatic rings. The highest BCUT2D eigenvalue weighted by molar-refractivity contribution is 8.01. The van der Waals surface area contributed by atoms with Crippen LogP contribution in [0.5, 0.6) is 0 Å². The first kappa shape index (κ1) is 26.7. The van der Waals surface area contributed by atoms with Crippen molar-refractivity contribution in [3.63, 3.8) is 0 Å². The number of anilines is 3. The Bertz CT molecular complexity index is 1400. The first-order chi connectivity index (χ1) is 17.9. The molecule has 0 aliphatic carbocycles. The quantitative estimate of drug-likeness (QED) is 0.211. The molecule has 4 rings (SSSR count). The monoisotopic (exact) mass is 550 g/mol. The summed E-state index contributed by atoms with van der Waals surface area (Å²) in [4.78, 5) is 41.4. The van der Waals surface area contributed by atoms with Gasteiger partial charge in [0, 0.05) is 17.1 Å². The maximum Gasteiger partial charge on any atom is 0.234 e. The second kappa shape index (κ2) is 12.8. The van der Waals surface area contributed by atoms with Crippen molar-refractivity contribution in [2.24, 2.45) is 0 Å². The summed E-state index contributed by atoms with van der Waals surface area (Å²) >= 11 is 4.12. The van der Waals surface area contributed by atoms with Gasteiger partial charge in [-0.1, -0.05) is 48.2 Å². The van der Waals surface area contributed by atoms with Gasteiger partial charge in [0.2, 0.25) is 17.7 Å². The normalized spacial score (nSPS) is 10.8. The number of aryl methyl sites for hydroxylation is 2. The lowest BCUT2D eigenvalue weighted by Gasteiger charge is -2.10. The predicted octanol–water partition coefficient (Wildman–Crippen LogP) is 5.95. The number of thioether (sulfide) groups is 2. The van der Waals surface area contributed by atoms with Crippen LogP contribution in [0.15, 0.2) is 71.1 Å². The van der Waals surface area contributed by atoms with Crippen molar-refractivity contribution >= 4 is 79.9 Å². The van der Waals surface area contributed by atoms with Gasteiger partial charge in [0.05, 0.1) is 27.5 Å². The number of rotatable bonds is 10. The fourth-order valence-corrected chi connectivity index (χ4v) is 6.03. The average molecular weight is 551 g/mol. The molecule has 1 heterocycles. The minimum atomic E-state index is -0.181. The maximum atomic E-state index is 12.5. The Balaban J connectivity index is 1.24. The lowest BCUT2D eigenvalue weighted by Crippen LogP contribution is -2.18. The van der Waals surface area contributed by atoms with E-state index in [0.717, 1.165) is 37.1 Å². The van der Waals surface area contributed by atoms with Crippen molar-refractivity contribution in [2.45, 2.75) is 18.2 Å². The van der Waals surface area contributed by atoms with Gasteiger partial charge >= 0.3 is 0 Å². The number of nitrogens with one attached hydrogen (secondary N) is 3. The second-order valence-electron chi connectivity index (χ2n) is 8.22. The van der Waals surface area contributed by atoms with Crippen LogP contribution in [0.2, 0.25) is 0 Å². The highest BCUT2D eigenvalue weighted by Crippen LogP contribution is 2.31. The fourth-order valence-electron chi connectivity index (χ4n) is 3.51. The number of benzene rings is 3. The molecule has 37 heavy (non-hydrogen) atoms. The van der Waals surface area contributed by atoms with Crippen LogP contribution in [-0.4, -0.2) is 40.0 Å². The topological polar surface area (TPSA) is 100 Å². The van der Waals surface area contributed by atoms with Crippen molar-refractivity contribution in [3.05, 3.63) is 77.9 Å². The average Bonchev–Trinajstić information content (AvgIpc) is 3.28. The molecule has 0 saturated heterocycles. The molecule has 3 amide bonds. The zero-order valence-electron chi connectivity index (χ0n) is 20.4. The smallest absolute Gasteiger partial charge is 0.234 e. The number of hydrogen-bond donors (Lipinski definition) is 3. The molecule has 0 unspecified atom stereocenters. The Hall–Kier alpha value is -3.34. The van der Waals surface area contributed by atoms with Crippen LogP contribution in [0.4, 0.5) is 17.1 Å². The first-order valence-electron chi connectivity index (χ1n) is 11.5. The first-order valence-corrected chi connectivity index (χ1v) is 14.4. The highest BCUT2D eigenvalue weighted by atomic mass is 32.2. The molecule has 10 heteroatoms. The molecular weight excluding hydrogens is 525 g/mol. The molecule has 0 atom stereocenters. The highest BCUT2D eigenvalue weighted by Gasteiger charge is 2.12. The van der Waals surface area contributed by atoms with Gasteiger partial charge in [-0.2, -0.15) is 0 Å². The minimum Gasteiger partial charge on any atom is -0.325 e. The third kappa shape index (κ3) is 7.82. The Morgan fingerprint density at radius 2 is 1.41 bits per heavy atom. The Morgan fingerprint density at radius 1 is 0.757 bits per heavy atom. The summed E-state index contributed by atoms with van der Waals surface area (Å²) in [6.07, 6.45) is 0. The van der Waals surface area contributed by atoms with Gasteiger partial charge in [-0.05, 0) is 55.3 Å². The SMILES string of the molecule is Cc1cccc(C)c1NC(=O)CSc1nc2ccc(NC(=O)CSCC(=O)Nc3ccccc3)cc2s1. The van der Waals surface area contributed by atoms with Crippen LogP contribution in [0.1, 0.15) is 11.1 Å². The molecular formula is C27H26N4O3S3. The molecule has 0 saturated carbocycles. The number of thiazole rings is 1. The molecule has 0 radical (unpaired) electrons. The Labute approximate surface area is 227 Å². The van der Waals surface area contributed by atoms with Crippen LogP contribution < -0.4 is 16.0 Å². The summed E-state index contributed by atoms with van der Waals surface area (Å²) in [6, 6.07) is 20.6. The third-order valence-electron chi connectivity index (χ3n) is 5.25. The van der Waals surface area contributed by atoms with Crippen molar-refractivity contribution in [1.29, 1.82) is 0 Å². The predicted molar refractivity (Wildman–Crippen MR) is 156 cm³/mol. The van der Waals surface area contributed by atoms with Crippen LogP contribution in [0.25, 0.3) is 10.2 Å². The number of para-hydroxylation sites is 2. The lowest BCUT2D eigenvalue weighted by molar-refractivity contribution is -0.114. The number of amides is 3. The van der Waals surface area contributed by atoms with E-state index in [1.165, 1.54) is 34.9 Å². The molecule has 0 fully saturated rings. The molecule has 0 aliphatic heterocycles. The number of fused-ring (bicyclic) bond motifs is 1. The summed E-state index contributed by atoms with van der Waals surface area (Å²) in [5.74, 6) is 0.200. The van der Waals surface area contributed by atoms with E-state index in [0.29, 0.717) is 5.69 Å². The van der Waals surface area contributed by atoms with E-state index in [9.17, 15) is 14.4 Å². The van der Waals surface area contributed by atoms with E-state index < -0.39 is 0 Å². The number of hydrogen-bond acceptors (Lipinski definition) is 7. The molecule has 7 nitrogen and oxygen atoms in total. The molecule has 1 aromatic heterocycles. The van der Waals surface area contributed by atoms with Gasteiger partial charge in [0.25, 0.3) is 0 Å². The summed E-state index contributed by atoms with van der Waals surface area (Å²) < 4.78 is 1.71. The maximum absolute atomic E-state index is 12.5. The molecule has 4 aromatic rings. The third-order valence-corrected chi connectivity index (χ3v) is 8.34. The van der Waals surface area contributed by atoms with Crippen molar-refractivity contribution < 1.29 is 14.4 Å². The van der Waals surface area contributed by atoms with Gasteiger partial charge in [0.1, 0.15) is 0 Å². The second-order valence-corrected chi connectivity index (χ2v) is 11.5. The van der Waals surface area contributed by atoms with Crippen molar-refractivity contribution in [3.8, 4) is 0 Å². The number of aromatic nitrogens is 1. The fraction of sp³-hybridized carbons (Fsp3) is 0.185. The molecule has 0 spiro atoms. The number of carbonyl (C=O) groups is 3. The summed E-state index contributed by atoms with van der Waals surface area (Å²) in [7, 11) is 0. The van der Waals surface area contributed by atoms with E-state index in [-0.39, 0.29) is 35.0 Å². The zero-order valence-corrected chi connectivity index (χ0v) is 22.8. The summed E-state index contributed by atoms with van der Waals surface area (Å²) in [6.45, 7) is 3.95. The largest absolute Gasteiger partial charge is 0.325 e. The standard InChI is InChI=1S/C27H26N4O3S3/c1-17-7-6-8-18(2)26(17)31-25(34)16-36-27-30-21-12-11-20(13-22(21)37-27)29-24(33)15-35-14-23(32)28-19-9-4-3-5-10-19/h3-13H,14-16H2,1-2H3,(H,28,32)(H,29,33)(H,31,34). The van der Waals surface area contributed by atoms with Gasteiger partial charge in [0.15, 0.2) is 4.34 Å². The van der Waals surface area contributed by atoms with E-state index in [1.54, 1.807) is 6.07 Å². The lowest BCUT2D eigenvalue weighted by atomic mass is 10.1. The minimum absolute atomic E-state index is 0.0791. The molecule has 0 bridgehead atoms. The van der Waals surface area contributed by atoms with Gasteiger partial charge in [-0.3, -0.25) is 14.4 Å². The van der Waals surface area contributed by atoms with Gasteiger partial charge in [-0.25, -0.2) is 4.98 Å². The van der Waals surface area contributed by atoms with Gasteiger partial charge in [-0.15, -0.1) is 23.1 Å². The van der Waals surface area contributed by atoms with E-state index >= 15 is 0 Å². The number of carbonyl (C=O) groups excluding carboxylic acids is 3. The van der Waals surface area contributed by atoms with Crippen LogP contribution in [0.3, 0.4) is 0 Å². The molecule has 3 N–H and O–H groups in total. The van der Waals surface area contributed by atoms with Crippen molar-refractivity contribution in [1.82, 2.24) is 4.98 Å². The molecule has 190 valence electrons. The van der Waals surface area contributed by atoms with Crippen molar-refractivity contribution in [2.75, 3.05) is 33.2 Å². The van der Waals surface area contributed by atoms with E-state index in [1.807, 2.05) is 74.5 Å². The van der Waals surface area contributed by atoms with E-state index in [4.69, 9.17) is 0 Å². The summed E-state index contributed by atoms with van der Waals surface area (Å²) in [5, 5.41) is 8.66. The van der Waals surface area contributed by atoms with Crippen LogP contribution >= 0.6 is 34.9 Å². The van der Waals surface area contributed by atoms with Gasteiger partial charge < -0.3 is 16.0 Å². The zero-order chi connectivity index (χ0) is 26.2. The van der Waals surface area contributed by atoms with E-state index in [2.05, 4.69) is 20.9 Å².